The standard InChI is InChI=1S/C19H18FN3O3/c20-15-5-2-1-4-13(15)12-23(14-7-8-14)18(24)10-9-17-21-19(22-26-17)16-6-3-11-25-16/h1-6,11,14H,7-10,12H2. The van der Waals surface area contributed by atoms with Gasteiger partial charge in [-0.25, -0.2) is 4.39 Å². The zero-order valence-corrected chi connectivity index (χ0v) is 14.1. The first-order valence-electron chi connectivity index (χ1n) is 8.60. The van der Waals surface area contributed by atoms with Crippen LogP contribution in [-0.2, 0) is 17.8 Å². The zero-order valence-electron chi connectivity index (χ0n) is 14.1. The van der Waals surface area contributed by atoms with E-state index in [1.54, 1.807) is 35.2 Å². The maximum Gasteiger partial charge on any atom is 0.238 e. The van der Waals surface area contributed by atoms with Crippen molar-refractivity contribution in [2.24, 2.45) is 0 Å². The van der Waals surface area contributed by atoms with Crippen molar-refractivity contribution in [1.82, 2.24) is 15.0 Å². The summed E-state index contributed by atoms with van der Waals surface area (Å²) in [5.41, 5.74) is 0.533. The van der Waals surface area contributed by atoms with Crippen LogP contribution in [0.4, 0.5) is 4.39 Å². The number of hydrogen-bond acceptors (Lipinski definition) is 5. The van der Waals surface area contributed by atoms with Gasteiger partial charge in [-0.1, -0.05) is 23.4 Å². The normalized spacial score (nSPS) is 13.7. The maximum atomic E-state index is 13.9. The number of carbonyl (C=O) groups is 1. The number of furan rings is 1. The van der Waals surface area contributed by atoms with E-state index in [0.29, 0.717) is 29.5 Å². The highest BCUT2D eigenvalue weighted by Crippen LogP contribution is 2.29. The van der Waals surface area contributed by atoms with Gasteiger partial charge in [0, 0.05) is 31.0 Å². The molecule has 4 rings (SSSR count). The molecule has 7 heteroatoms. The van der Waals surface area contributed by atoms with Crippen molar-refractivity contribution in [3.8, 4) is 11.6 Å². The Kier molecular flexibility index (Phi) is 4.51. The third kappa shape index (κ3) is 3.66. The maximum absolute atomic E-state index is 13.9. The minimum absolute atomic E-state index is 0.0338. The number of nitrogens with zero attached hydrogens (tertiary/aromatic N) is 3. The number of aromatic nitrogens is 2. The molecule has 3 aromatic rings. The molecule has 1 fully saturated rings. The second kappa shape index (κ2) is 7.11. The highest BCUT2D eigenvalue weighted by atomic mass is 19.1. The fraction of sp³-hybridized carbons (Fsp3) is 0.316. The third-order valence-electron chi connectivity index (χ3n) is 4.37. The van der Waals surface area contributed by atoms with E-state index in [2.05, 4.69) is 10.1 Å². The molecule has 0 unspecified atom stereocenters. The molecule has 6 nitrogen and oxygen atoms in total. The summed E-state index contributed by atoms with van der Waals surface area (Å²) >= 11 is 0. The summed E-state index contributed by atoms with van der Waals surface area (Å²) in [5, 5.41) is 3.85. The smallest absolute Gasteiger partial charge is 0.238 e. The van der Waals surface area contributed by atoms with Gasteiger partial charge in [-0.05, 0) is 31.0 Å². The first-order chi connectivity index (χ1) is 12.7. The van der Waals surface area contributed by atoms with Crippen LogP contribution in [0.15, 0.2) is 51.6 Å². The molecular weight excluding hydrogens is 337 g/mol. The highest BCUT2D eigenvalue weighted by molar-refractivity contribution is 5.77. The largest absolute Gasteiger partial charge is 0.461 e. The van der Waals surface area contributed by atoms with Gasteiger partial charge in [0.25, 0.3) is 0 Å². The zero-order chi connectivity index (χ0) is 17.9. The lowest BCUT2D eigenvalue weighted by atomic mass is 10.2. The van der Waals surface area contributed by atoms with Crippen LogP contribution in [-0.4, -0.2) is 27.0 Å². The number of benzene rings is 1. The number of halogens is 1. The molecule has 2 heterocycles. The van der Waals surface area contributed by atoms with E-state index in [9.17, 15) is 9.18 Å². The lowest BCUT2D eigenvalue weighted by Crippen LogP contribution is -2.33. The molecule has 0 atom stereocenters. The molecule has 1 aromatic carbocycles. The van der Waals surface area contributed by atoms with Crippen molar-refractivity contribution in [2.75, 3.05) is 0 Å². The lowest BCUT2D eigenvalue weighted by Gasteiger charge is -2.22. The molecule has 0 saturated heterocycles. The van der Waals surface area contributed by atoms with Gasteiger partial charge >= 0.3 is 0 Å². The van der Waals surface area contributed by atoms with Crippen LogP contribution in [0.3, 0.4) is 0 Å². The summed E-state index contributed by atoms with van der Waals surface area (Å²) in [6, 6.07) is 10.2. The van der Waals surface area contributed by atoms with Gasteiger partial charge in [-0.15, -0.1) is 0 Å². The number of rotatable bonds is 7. The molecule has 0 spiro atoms. The Hall–Kier alpha value is -2.96. The molecule has 0 N–H and O–H groups in total. The van der Waals surface area contributed by atoms with Crippen LogP contribution in [0.1, 0.15) is 30.7 Å². The number of aryl methyl sites for hydroxylation is 1. The number of hydrogen-bond donors (Lipinski definition) is 0. The Bertz CT molecular complexity index is 887. The molecule has 2 aromatic heterocycles. The average molecular weight is 355 g/mol. The molecule has 0 bridgehead atoms. The molecule has 1 aliphatic carbocycles. The monoisotopic (exact) mass is 355 g/mol. The minimum Gasteiger partial charge on any atom is -0.461 e. The van der Waals surface area contributed by atoms with Gasteiger partial charge in [0.15, 0.2) is 5.76 Å². The fourth-order valence-electron chi connectivity index (χ4n) is 2.84. The summed E-state index contributed by atoms with van der Waals surface area (Å²) in [4.78, 5) is 18.6. The van der Waals surface area contributed by atoms with Crippen molar-refractivity contribution in [3.05, 3.63) is 59.9 Å². The lowest BCUT2D eigenvalue weighted by molar-refractivity contribution is -0.132. The van der Waals surface area contributed by atoms with Crippen molar-refractivity contribution in [1.29, 1.82) is 0 Å². The first-order valence-corrected chi connectivity index (χ1v) is 8.60. The Morgan fingerprint density at radius 3 is 2.81 bits per heavy atom. The van der Waals surface area contributed by atoms with Gasteiger partial charge in [-0.3, -0.25) is 4.79 Å². The molecule has 1 saturated carbocycles. The third-order valence-corrected chi connectivity index (χ3v) is 4.37. The minimum atomic E-state index is -0.286. The number of carbonyl (C=O) groups excluding carboxylic acids is 1. The molecule has 1 amide bonds. The Labute approximate surface area is 149 Å². The molecular formula is C19H18FN3O3. The fourth-order valence-corrected chi connectivity index (χ4v) is 2.84. The van der Waals surface area contributed by atoms with Gasteiger partial charge in [-0.2, -0.15) is 4.98 Å². The predicted molar refractivity (Wildman–Crippen MR) is 90.3 cm³/mol. The first kappa shape index (κ1) is 16.5. The average Bonchev–Trinajstić information content (AvgIpc) is 3.14. The van der Waals surface area contributed by atoms with Crippen molar-refractivity contribution in [2.45, 2.75) is 38.3 Å². The van der Waals surface area contributed by atoms with Gasteiger partial charge < -0.3 is 13.8 Å². The summed E-state index contributed by atoms with van der Waals surface area (Å²) in [5.74, 6) is 0.944. The highest BCUT2D eigenvalue weighted by Gasteiger charge is 2.32. The second-order valence-corrected chi connectivity index (χ2v) is 6.33. The van der Waals surface area contributed by atoms with E-state index in [-0.39, 0.29) is 30.7 Å². The van der Waals surface area contributed by atoms with Crippen LogP contribution in [0.5, 0.6) is 0 Å². The molecule has 0 radical (unpaired) electrons. The van der Waals surface area contributed by atoms with Gasteiger partial charge in [0.1, 0.15) is 5.82 Å². The van der Waals surface area contributed by atoms with Crippen LogP contribution in [0.2, 0.25) is 0 Å². The molecule has 26 heavy (non-hydrogen) atoms. The molecule has 1 aliphatic rings. The van der Waals surface area contributed by atoms with Crippen molar-refractivity contribution >= 4 is 5.91 Å². The van der Waals surface area contributed by atoms with E-state index < -0.39 is 0 Å². The SMILES string of the molecule is O=C(CCc1nc(-c2ccco2)no1)N(Cc1ccccc1F)C1CC1. The summed E-state index contributed by atoms with van der Waals surface area (Å²) in [6.07, 6.45) is 4.04. The Morgan fingerprint density at radius 2 is 2.08 bits per heavy atom. The van der Waals surface area contributed by atoms with Crippen molar-refractivity contribution < 1.29 is 18.1 Å². The van der Waals surface area contributed by atoms with E-state index in [0.717, 1.165) is 12.8 Å². The summed E-state index contributed by atoms with van der Waals surface area (Å²) < 4.78 is 24.3. The van der Waals surface area contributed by atoms with Gasteiger partial charge in [0.05, 0.1) is 6.26 Å². The van der Waals surface area contributed by atoms with Crippen LogP contribution >= 0.6 is 0 Å². The van der Waals surface area contributed by atoms with E-state index in [1.807, 2.05) is 0 Å². The predicted octanol–water partition coefficient (Wildman–Crippen LogP) is 3.59. The van der Waals surface area contributed by atoms with E-state index in [4.69, 9.17) is 8.94 Å². The Morgan fingerprint density at radius 1 is 1.23 bits per heavy atom. The van der Waals surface area contributed by atoms with Crippen molar-refractivity contribution in [3.63, 3.8) is 0 Å². The molecule has 134 valence electrons. The van der Waals surface area contributed by atoms with Gasteiger partial charge in [0.2, 0.25) is 17.6 Å². The van der Waals surface area contributed by atoms with Crippen LogP contribution in [0, 0.1) is 5.82 Å². The van der Waals surface area contributed by atoms with Crippen LogP contribution < -0.4 is 0 Å². The topological polar surface area (TPSA) is 72.4 Å². The number of amides is 1. The van der Waals surface area contributed by atoms with Crippen LogP contribution in [0.25, 0.3) is 11.6 Å². The quantitative estimate of drug-likeness (QED) is 0.648. The second-order valence-electron chi connectivity index (χ2n) is 6.33. The Balaban J connectivity index is 1.39. The summed E-state index contributed by atoms with van der Waals surface area (Å²) in [6.45, 7) is 0.289. The molecule has 0 aliphatic heterocycles. The van der Waals surface area contributed by atoms with E-state index >= 15 is 0 Å². The van der Waals surface area contributed by atoms with E-state index in [1.165, 1.54) is 12.3 Å². The summed E-state index contributed by atoms with van der Waals surface area (Å²) in [7, 11) is 0.